The van der Waals surface area contributed by atoms with Gasteiger partial charge in [-0.15, -0.1) is 11.3 Å². The second kappa shape index (κ2) is 4.09. The van der Waals surface area contributed by atoms with Gasteiger partial charge in [-0.05, 0) is 6.92 Å². The summed E-state index contributed by atoms with van der Waals surface area (Å²) in [4.78, 5) is 25.2. The minimum Gasteiger partial charge on any atom is -0.478 e. The number of nitrogen functional groups attached to an aromatic ring is 1. The average molecular weight is 228 g/mol. The van der Waals surface area contributed by atoms with Crippen LogP contribution >= 0.6 is 11.3 Å². The van der Waals surface area contributed by atoms with E-state index in [2.05, 4.69) is 4.98 Å². The molecular formula is C8H8N2O4S. The molecule has 0 aliphatic rings. The van der Waals surface area contributed by atoms with Crippen molar-refractivity contribution in [2.24, 2.45) is 0 Å². The summed E-state index contributed by atoms with van der Waals surface area (Å²) in [6.45, 7) is 1.21. The molecule has 80 valence electrons. The number of anilines is 1. The molecule has 4 N–H and O–H groups in total. The molecule has 0 aliphatic heterocycles. The Hall–Kier alpha value is -1.89. The molecule has 0 spiro atoms. The summed E-state index contributed by atoms with van der Waals surface area (Å²) in [6.07, 6.45) is 0. The van der Waals surface area contributed by atoms with E-state index in [1.807, 2.05) is 0 Å². The maximum atomic E-state index is 10.9. The molecule has 0 aliphatic carbocycles. The number of carbonyl (C=O) groups is 2. The van der Waals surface area contributed by atoms with Gasteiger partial charge in [0.2, 0.25) is 0 Å². The van der Waals surface area contributed by atoms with Crippen LogP contribution in [0.4, 0.5) is 5.82 Å². The highest BCUT2D eigenvalue weighted by atomic mass is 32.1. The molecule has 0 saturated heterocycles. The van der Waals surface area contributed by atoms with E-state index in [9.17, 15) is 9.59 Å². The second-order valence-corrected chi connectivity index (χ2v) is 3.55. The highest BCUT2D eigenvalue weighted by Crippen LogP contribution is 2.23. The van der Waals surface area contributed by atoms with E-state index >= 15 is 0 Å². The van der Waals surface area contributed by atoms with E-state index in [4.69, 9.17) is 15.9 Å². The Bertz CT molecular complexity index is 449. The van der Waals surface area contributed by atoms with Crippen LogP contribution in [0.3, 0.4) is 0 Å². The topological polar surface area (TPSA) is 114 Å². The first-order valence-corrected chi connectivity index (χ1v) is 4.70. The fraction of sp³-hybridized carbons (Fsp3) is 0.125. The molecule has 6 nitrogen and oxygen atoms in total. The lowest BCUT2D eigenvalue weighted by Gasteiger charge is -2.00. The smallest absolute Gasteiger partial charge is 0.339 e. The lowest BCUT2D eigenvalue weighted by molar-refractivity contribution is -0.134. The standard InChI is InChI=1S/C8H8N2O4S/c1-3(7(11)12)5(8(13)14)6-10-4(9)2-15-6/h2H,9H2,1H3,(H,11,12)(H,13,14). The second-order valence-electron chi connectivity index (χ2n) is 2.69. The van der Waals surface area contributed by atoms with E-state index in [1.165, 1.54) is 12.3 Å². The summed E-state index contributed by atoms with van der Waals surface area (Å²) in [5.41, 5.74) is 4.73. The molecular weight excluding hydrogens is 220 g/mol. The van der Waals surface area contributed by atoms with Crippen LogP contribution in [0.25, 0.3) is 5.57 Å². The number of aromatic nitrogens is 1. The van der Waals surface area contributed by atoms with E-state index in [0.717, 1.165) is 11.3 Å². The zero-order valence-electron chi connectivity index (χ0n) is 7.72. The van der Waals surface area contributed by atoms with Gasteiger partial charge in [-0.1, -0.05) is 0 Å². The zero-order chi connectivity index (χ0) is 11.6. The minimum atomic E-state index is -1.33. The van der Waals surface area contributed by atoms with E-state index in [1.54, 1.807) is 0 Å². The van der Waals surface area contributed by atoms with Gasteiger partial charge < -0.3 is 15.9 Å². The van der Waals surface area contributed by atoms with Crippen molar-refractivity contribution in [3.8, 4) is 0 Å². The first kappa shape index (κ1) is 11.2. The normalized spacial score (nSPS) is 12.1. The SMILES string of the molecule is CC(C(=O)O)=C(C(=O)O)c1nc(N)cs1. The third kappa shape index (κ3) is 2.32. The van der Waals surface area contributed by atoms with E-state index in [-0.39, 0.29) is 22.0 Å². The van der Waals surface area contributed by atoms with Gasteiger partial charge in [-0.25, -0.2) is 14.6 Å². The lowest BCUT2D eigenvalue weighted by Crippen LogP contribution is -2.08. The van der Waals surface area contributed by atoms with Gasteiger partial charge in [0.1, 0.15) is 16.4 Å². The third-order valence-corrected chi connectivity index (χ3v) is 2.52. The van der Waals surface area contributed by atoms with Crippen LogP contribution in [0.15, 0.2) is 11.0 Å². The van der Waals surface area contributed by atoms with Crippen molar-refractivity contribution >= 4 is 34.7 Å². The van der Waals surface area contributed by atoms with E-state index in [0.29, 0.717) is 0 Å². The molecule has 0 amide bonds. The molecule has 0 aromatic carbocycles. The largest absolute Gasteiger partial charge is 0.478 e. The zero-order valence-corrected chi connectivity index (χ0v) is 8.54. The number of aliphatic carboxylic acids is 2. The summed E-state index contributed by atoms with van der Waals surface area (Å²) in [7, 11) is 0. The molecule has 0 saturated carbocycles. The summed E-state index contributed by atoms with van der Waals surface area (Å²) in [5.74, 6) is -2.45. The molecule has 0 unspecified atom stereocenters. The molecule has 0 bridgehead atoms. The maximum Gasteiger partial charge on any atom is 0.339 e. The Morgan fingerprint density at radius 3 is 2.33 bits per heavy atom. The molecule has 1 heterocycles. The predicted octanol–water partition coefficient (Wildman–Crippen LogP) is 0.668. The van der Waals surface area contributed by atoms with Crippen LogP contribution in [0.1, 0.15) is 11.9 Å². The summed E-state index contributed by atoms with van der Waals surface area (Å²) in [5, 5.41) is 19.1. The van der Waals surface area contributed by atoms with Gasteiger partial charge in [-0.2, -0.15) is 0 Å². The molecule has 1 rings (SSSR count). The number of thiazole rings is 1. The summed E-state index contributed by atoms with van der Waals surface area (Å²) in [6, 6.07) is 0. The monoisotopic (exact) mass is 228 g/mol. The van der Waals surface area contributed by atoms with Gasteiger partial charge in [0.15, 0.2) is 0 Å². The molecule has 1 aromatic rings. The highest BCUT2D eigenvalue weighted by molar-refractivity contribution is 7.11. The fourth-order valence-corrected chi connectivity index (χ4v) is 1.72. The minimum absolute atomic E-state index is 0.0971. The van der Waals surface area contributed by atoms with Gasteiger partial charge in [-0.3, -0.25) is 0 Å². The molecule has 7 heteroatoms. The van der Waals surface area contributed by atoms with Crippen molar-refractivity contribution in [3.63, 3.8) is 0 Å². The van der Waals surface area contributed by atoms with Crippen molar-refractivity contribution < 1.29 is 19.8 Å². The molecule has 0 atom stereocenters. The molecule has 0 fully saturated rings. The molecule has 15 heavy (non-hydrogen) atoms. The first-order chi connectivity index (χ1) is 6.93. The van der Waals surface area contributed by atoms with Gasteiger partial charge in [0, 0.05) is 5.38 Å². The number of carboxylic acid groups (broad SMARTS) is 2. The Morgan fingerprint density at radius 2 is 2.00 bits per heavy atom. The van der Waals surface area contributed by atoms with Gasteiger partial charge in [0.05, 0.1) is 5.57 Å². The average Bonchev–Trinajstić information content (AvgIpc) is 2.51. The van der Waals surface area contributed by atoms with Crippen molar-refractivity contribution in [2.45, 2.75) is 6.92 Å². The van der Waals surface area contributed by atoms with Crippen LogP contribution in [0.5, 0.6) is 0 Å². The number of hydrogen-bond donors (Lipinski definition) is 3. The van der Waals surface area contributed by atoms with Crippen molar-refractivity contribution in [1.29, 1.82) is 0 Å². The van der Waals surface area contributed by atoms with Crippen LogP contribution in [0.2, 0.25) is 0 Å². The van der Waals surface area contributed by atoms with Crippen molar-refractivity contribution in [2.75, 3.05) is 5.73 Å². The lowest BCUT2D eigenvalue weighted by atomic mass is 10.1. The number of nitrogens with zero attached hydrogens (tertiary/aromatic N) is 1. The summed E-state index contributed by atoms with van der Waals surface area (Å²) >= 11 is 0.994. The number of carboxylic acids is 2. The Kier molecular flexibility index (Phi) is 3.05. The van der Waals surface area contributed by atoms with Crippen LogP contribution in [-0.2, 0) is 9.59 Å². The third-order valence-electron chi connectivity index (χ3n) is 1.65. The van der Waals surface area contributed by atoms with Gasteiger partial charge >= 0.3 is 11.9 Å². The highest BCUT2D eigenvalue weighted by Gasteiger charge is 2.21. The Labute approximate surface area is 88.7 Å². The van der Waals surface area contributed by atoms with Gasteiger partial charge in [0.25, 0.3) is 0 Å². The Balaban J connectivity index is 3.32. The number of rotatable bonds is 3. The summed E-state index contributed by atoms with van der Waals surface area (Å²) < 4.78 is 0. The Morgan fingerprint density at radius 1 is 1.40 bits per heavy atom. The molecule has 0 radical (unpaired) electrons. The van der Waals surface area contributed by atoms with Crippen LogP contribution in [0, 0.1) is 0 Å². The number of hydrogen-bond acceptors (Lipinski definition) is 5. The quantitative estimate of drug-likeness (QED) is 0.655. The first-order valence-electron chi connectivity index (χ1n) is 3.82. The fourth-order valence-electron chi connectivity index (χ4n) is 0.920. The number of nitrogens with two attached hydrogens (primary N) is 1. The van der Waals surface area contributed by atoms with E-state index < -0.39 is 11.9 Å². The van der Waals surface area contributed by atoms with Crippen LogP contribution in [-0.4, -0.2) is 27.1 Å². The molecule has 1 aromatic heterocycles. The predicted molar refractivity (Wildman–Crippen MR) is 54.4 cm³/mol. The van der Waals surface area contributed by atoms with Crippen molar-refractivity contribution in [3.05, 3.63) is 16.0 Å². The van der Waals surface area contributed by atoms with Crippen molar-refractivity contribution in [1.82, 2.24) is 4.98 Å². The maximum absolute atomic E-state index is 10.9. The van der Waals surface area contributed by atoms with Crippen LogP contribution < -0.4 is 5.73 Å².